The van der Waals surface area contributed by atoms with E-state index in [0.717, 1.165) is 16.2 Å². The zero-order chi connectivity index (χ0) is 11.9. The van der Waals surface area contributed by atoms with E-state index in [1.807, 2.05) is 6.92 Å². The van der Waals surface area contributed by atoms with Crippen molar-refractivity contribution in [2.75, 3.05) is 0 Å². The van der Waals surface area contributed by atoms with Gasteiger partial charge in [0.25, 0.3) is 5.56 Å². The van der Waals surface area contributed by atoms with Crippen LogP contribution in [0.5, 0.6) is 0 Å². The Bertz CT molecular complexity index is 584. The van der Waals surface area contributed by atoms with Gasteiger partial charge < -0.3 is 4.98 Å². The molecule has 0 spiro atoms. The molecule has 86 valence electrons. The molecule has 0 saturated carbocycles. The quantitative estimate of drug-likeness (QED) is 0.843. The van der Waals surface area contributed by atoms with Gasteiger partial charge in [-0.15, -0.1) is 11.3 Å². The van der Waals surface area contributed by atoms with Gasteiger partial charge in [-0.3, -0.25) is 4.79 Å². The average molecular weight is 248 g/mol. The normalized spacial score (nSPS) is 12.2. The van der Waals surface area contributed by atoms with Crippen molar-refractivity contribution in [1.29, 1.82) is 0 Å². The number of aromatic nitrogens is 2. The zero-order valence-electron chi connectivity index (χ0n) is 8.18. The van der Waals surface area contributed by atoms with Gasteiger partial charge in [-0.2, -0.15) is 13.2 Å². The summed E-state index contributed by atoms with van der Waals surface area (Å²) in [5, 5.41) is 0.217. The van der Waals surface area contributed by atoms with Crippen molar-refractivity contribution in [1.82, 2.24) is 9.97 Å². The summed E-state index contributed by atoms with van der Waals surface area (Å²) in [6, 6.07) is 1.58. The summed E-state index contributed by atoms with van der Waals surface area (Å²) in [4.78, 5) is 17.5. The number of hydrogen-bond acceptors (Lipinski definition) is 3. The maximum atomic E-state index is 12.4. The molecule has 0 atom stereocenters. The summed E-state index contributed by atoms with van der Waals surface area (Å²) < 4.78 is 37.1. The molecule has 0 radical (unpaired) electrons. The molecule has 0 aliphatic heterocycles. The van der Waals surface area contributed by atoms with Crippen LogP contribution in [0.25, 0.3) is 10.2 Å². The Morgan fingerprint density at radius 3 is 2.75 bits per heavy atom. The second kappa shape index (κ2) is 3.58. The Balaban J connectivity index is 2.72. The number of thiophene rings is 1. The fourth-order valence-electron chi connectivity index (χ4n) is 1.29. The number of hydrogen-bond donors (Lipinski definition) is 1. The van der Waals surface area contributed by atoms with Gasteiger partial charge in [0.15, 0.2) is 0 Å². The van der Waals surface area contributed by atoms with E-state index < -0.39 is 17.6 Å². The highest BCUT2D eigenvalue weighted by atomic mass is 32.1. The van der Waals surface area contributed by atoms with E-state index in [2.05, 4.69) is 4.98 Å². The maximum absolute atomic E-state index is 12.4. The van der Waals surface area contributed by atoms with Gasteiger partial charge >= 0.3 is 6.18 Å². The molecule has 0 fully saturated rings. The first-order valence-corrected chi connectivity index (χ1v) is 5.33. The first kappa shape index (κ1) is 11.1. The minimum Gasteiger partial charge on any atom is -0.302 e. The Hall–Kier alpha value is -1.37. The Labute approximate surface area is 91.9 Å². The van der Waals surface area contributed by atoms with E-state index in [-0.39, 0.29) is 10.2 Å². The fourth-order valence-corrected chi connectivity index (χ4v) is 2.26. The van der Waals surface area contributed by atoms with Gasteiger partial charge in [0, 0.05) is 4.88 Å². The van der Waals surface area contributed by atoms with Crippen LogP contribution >= 0.6 is 11.3 Å². The number of nitrogens with zero attached hydrogens (tertiary/aromatic N) is 1. The van der Waals surface area contributed by atoms with Gasteiger partial charge in [-0.1, -0.05) is 6.92 Å². The molecule has 16 heavy (non-hydrogen) atoms. The largest absolute Gasteiger partial charge is 0.449 e. The molecular formula is C9H7F3N2OS. The predicted molar refractivity (Wildman–Crippen MR) is 54.6 cm³/mol. The van der Waals surface area contributed by atoms with Crippen LogP contribution in [0.1, 0.15) is 17.6 Å². The topological polar surface area (TPSA) is 45.8 Å². The molecule has 1 N–H and O–H groups in total. The van der Waals surface area contributed by atoms with Crippen LogP contribution in [-0.2, 0) is 12.6 Å². The third kappa shape index (κ3) is 1.82. The molecule has 7 heteroatoms. The van der Waals surface area contributed by atoms with Gasteiger partial charge in [0.05, 0.1) is 5.39 Å². The third-order valence-corrected chi connectivity index (χ3v) is 3.24. The zero-order valence-corrected chi connectivity index (χ0v) is 9.00. The summed E-state index contributed by atoms with van der Waals surface area (Å²) >= 11 is 1.11. The van der Waals surface area contributed by atoms with Crippen LogP contribution in [0.4, 0.5) is 13.2 Å². The minimum atomic E-state index is -4.62. The first-order chi connectivity index (χ1) is 7.41. The van der Waals surface area contributed by atoms with E-state index in [9.17, 15) is 18.0 Å². The third-order valence-electron chi connectivity index (χ3n) is 2.07. The van der Waals surface area contributed by atoms with Gasteiger partial charge in [-0.05, 0) is 12.5 Å². The van der Waals surface area contributed by atoms with Crippen LogP contribution < -0.4 is 5.56 Å². The summed E-state index contributed by atoms with van der Waals surface area (Å²) in [7, 11) is 0. The molecule has 0 aromatic carbocycles. The Morgan fingerprint density at radius 2 is 2.19 bits per heavy atom. The lowest BCUT2D eigenvalue weighted by atomic mass is 10.3. The molecule has 3 nitrogen and oxygen atoms in total. The molecule has 0 aliphatic carbocycles. The number of aromatic amines is 1. The molecule has 0 aliphatic rings. The van der Waals surface area contributed by atoms with E-state index in [0.29, 0.717) is 6.42 Å². The highest BCUT2D eigenvalue weighted by Crippen LogP contribution is 2.28. The first-order valence-electron chi connectivity index (χ1n) is 4.51. The van der Waals surface area contributed by atoms with E-state index in [4.69, 9.17) is 0 Å². The van der Waals surface area contributed by atoms with Crippen molar-refractivity contribution in [2.45, 2.75) is 19.5 Å². The molecule has 0 saturated heterocycles. The number of halogens is 3. The van der Waals surface area contributed by atoms with Gasteiger partial charge in [-0.25, -0.2) is 4.98 Å². The fraction of sp³-hybridized carbons (Fsp3) is 0.333. The molecule has 0 unspecified atom stereocenters. The molecule has 2 rings (SSSR count). The highest BCUT2D eigenvalue weighted by molar-refractivity contribution is 7.18. The van der Waals surface area contributed by atoms with Crippen molar-refractivity contribution in [2.24, 2.45) is 0 Å². The van der Waals surface area contributed by atoms with Crippen LogP contribution in [0.15, 0.2) is 10.9 Å². The summed E-state index contributed by atoms with van der Waals surface area (Å²) in [6.07, 6.45) is -3.95. The van der Waals surface area contributed by atoms with Crippen molar-refractivity contribution in [3.63, 3.8) is 0 Å². The van der Waals surface area contributed by atoms with Crippen molar-refractivity contribution in [3.05, 3.63) is 27.1 Å². The maximum Gasteiger partial charge on any atom is 0.449 e. The van der Waals surface area contributed by atoms with Crippen molar-refractivity contribution >= 4 is 21.6 Å². The van der Waals surface area contributed by atoms with E-state index >= 15 is 0 Å². The Morgan fingerprint density at radius 1 is 1.50 bits per heavy atom. The van der Waals surface area contributed by atoms with Gasteiger partial charge in [0.1, 0.15) is 4.83 Å². The molecule has 2 aromatic heterocycles. The van der Waals surface area contributed by atoms with Crippen LogP contribution in [0.2, 0.25) is 0 Å². The molecule has 0 bridgehead atoms. The van der Waals surface area contributed by atoms with Crippen LogP contribution in [-0.4, -0.2) is 9.97 Å². The standard InChI is InChI=1S/C9H7F3N2OS/c1-2-4-3-5-6(15)13-8(9(10,11)12)14-7(5)16-4/h3H,2H2,1H3,(H,13,14,15). The Kier molecular flexibility index (Phi) is 2.49. The number of rotatable bonds is 1. The molecule has 0 amide bonds. The molecular weight excluding hydrogens is 241 g/mol. The number of aryl methyl sites for hydroxylation is 1. The predicted octanol–water partition coefficient (Wildman–Crippen LogP) is 2.57. The summed E-state index contributed by atoms with van der Waals surface area (Å²) in [5.74, 6) is -1.24. The number of H-pyrrole nitrogens is 1. The SMILES string of the molecule is CCc1cc2c(=O)[nH]c(C(F)(F)F)nc2s1. The van der Waals surface area contributed by atoms with Crippen molar-refractivity contribution < 1.29 is 13.2 Å². The lowest BCUT2D eigenvalue weighted by molar-refractivity contribution is -0.144. The van der Waals surface area contributed by atoms with E-state index in [1.54, 1.807) is 11.1 Å². The number of fused-ring (bicyclic) bond motifs is 1. The second-order valence-corrected chi connectivity index (χ2v) is 4.31. The average Bonchev–Trinajstić information content (AvgIpc) is 2.59. The minimum absolute atomic E-state index is 0.132. The summed E-state index contributed by atoms with van der Waals surface area (Å²) in [5.41, 5.74) is -0.742. The lowest BCUT2D eigenvalue weighted by Gasteiger charge is -2.03. The van der Waals surface area contributed by atoms with E-state index in [1.165, 1.54) is 0 Å². The van der Waals surface area contributed by atoms with Crippen LogP contribution in [0, 0.1) is 0 Å². The van der Waals surface area contributed by atoms with Crippen LogP contribution in [0.3, 0.4) is 0 Å². The summed E-state index contributed by atoms with van der Waals surface area (Å²) in [6.45, 7) is 1.86. The van der Waals surface area contributed by atoms with Gasteiger partial charge in [0.2, 0.25) is 5.82 Å². The van der Waals surface area contributed by atoms with Crippen molar-refractivity contribution in [3.8, 4) is 0 Å². The number of nitrogens with one attached hydrogen (secondary N) is 1. The lowest BCUT2D eigenvalue weighted by Crippen LogP contribution is -2.18. The number of alkyl halides is 3. The monoisotopic (exact) mass is 248 g/mol. The highest BCUT2D eigenvalue weighted by Gasteiger charge is 2.34. The molecule has 2 heterocycles. The smallest absolute Gasteiger partial charge is 0.302 e. The molecule has 2 aromatic rings. The second-order valence-electron chi connectivity index (χ2n) is 3.20.